The van der Waals surface area contributed by atoms with Crippen LogP contribution in [0.25, 0.3) is 27.9 Å². The molecule has 0 bridgehead atoms. The van der Waals surface area contributed by atoms with Crippen molar-refractivity contribution in [2.75, 3.05) is 25.1 Å². The van der Waals surface area contributed by atoms with E-state index in [2.05, 4.69) is 76.0 Å². The summed E-state index contributed by atoms with van der Waals surface area (Å²) in [7, 11) is 1.59. The van der Waals surface area contributed by atoms with Crippen LogP contribution in [0.4, 0.5) is 5.82 Å². The average Bonchev–Trinajstić information content (AvgIpc) is 3.59. The maximum atomic E-state index is 5.24. The summed E-state index contributed by atoms with van der Waals surface area (Å²) in [6, 6.07) is 4.78. The topological polar surface area (TPSA) is 97.1 Å². The molecule has 0 unspecified atom stereocenters. The van der Waals surface area contributed by atoms with Gasteiger partial charge in [-0.05, 0) is 80.2 Å². The fourth-order valence-electron chi connectivity index (χ4n) is 5.88. The zero-order valence-electron chi connectivity index (χ0n) is 23.4. The summed E-state index contributed by atoms with van der Waals surface area (Å²) >= 11 is 0. The third-order valence-corrected chi connectivity index (χ3v) is 8.28. The van der Waals surface area contributed by atoms with E-state index in [0.29, 0.717) is 17.8 Å². The minimum absolute atomic E-state index is 0.315. The molecule has 0 aromatic carbocycles. The number of ether oxygens (including phenoxy) is 1. The van der Waals surface area contributed by atoms with Crippen molar-refractivity contribution in [3.63, 3.8) is 0 Å². The molecule has 1 N–H and O–H groups in total. The molecule has 9 nitrogen and oxygen atoms in total. The van der Waals surface area contributed by atoms with Crippen LogP contribution in [0.5, 0.6) is 6.01 Å². The van der Waals surface area contributed by atoms with Crippen molar-refractivity contribution in [2.45, 2.75) is 59.3 Å². The number of H-pyrrole nitrogens is 1. The van der Waals surface area contributed by atoms with Crippen molar-refractivity contribution in [2.24, 2.45) is 5.92 Å². The van der Waals surface area contributed by atoms with Crippen LogP contribution in [-0.4, -0.2) is 54.7 Å². The maximum Gasteiger partial charge on any atom is 0.316 e. The first-order valence-electron chi connectivity index (χ1n) is 13.8. The van der Waals surface area contributed by atoms with E-state index in [1.165, 1.54) is 29.5 Å². The molecular formula is C30H36N8O. The van der Waals surface area contributed by atoms with Crippen molar-refractivity contribution in [3.8, 4) is 17.3 Å². The normalized spacial score (nSPS) is 14.7. The number of piperidine rings is 1. The van der Waals surface area contributed by atoms with Gasteiger partial charge in [0.25, 0.3) is 0 Å². The highest BCUT2D eigenvalue weighted by atomic mass is 16.5. The zero-order chi connectivity index (χ0) is 27.1. The Hall–Kier alpha value is -4.01. The van der Waals surface area contributed by atoms with Gasteiger partial charge in [-0.1, -0.05) is 13.8 Å². The van der Waals surface area contributed by atoms with Gasteiger partial charge in [-0.2, -0.15) is 5.10 Å². The Balaban J connectivity index is 1.22. The van der Waals surface area contributed by atoms with Crippen LogP contribution in [0.2, 0.25) is 0 Å². The number of aryl methyl sites for hydroxylation is 2. The third-order valence-electron chi connectivity index (χ3n) is 8.28. The van der Waals surface area contributed by atoms with Gasteiger partial charge in [0, 0.05) is 42.8 Å². The number of hydrogen-bond acceptors (Lipinski definition) is 7. The number of methoxy groups -OCH3 is 1. The van der Waals surface area contributed by atoms with Gasteiger partial charge in [0.1, 0.15) is 12.1 Å². The lowest BCUT2D eigenvalue weighted by molar-refractivity contribution is 0.374. The summed E-state index contributed by atoms with van der Waals surface area (Å²) in [5.74, 6) is 2.09. The summed E-state index contributed by atoms with van der Waals surface area (Å²) in [5, 5.41) is 4.41. The molecule has 9 heteroatoms. The Morgan fingerprint density at radius 3 is 2.54 bits per heavy atom. The fraction of sp³-hybridized carbons (Fsp3) is 0.433. The molecule has 39 heavy (non-hydrogen) atoms. The molecule has 0 amide bonds. The van der Waals surface area contributed by atoms with E-state index >= 15 is 0 Å². The highest BCUT2D eigenvalue weighted by Crippen LogP contribution is 2.38. The lowest BCUT2D eigenvalue weighted by Crippen LogP contribution is -2.34. The minimum Gasteiger partial charge on any atom is -0.467 e. The Kier molecular flexibility index (Phi) is 6.66. The van der Waals surface area contributed by atoms with Crippen LogP contribution < -0.4 is 9.64 Å². The Labute approximate surface area is 228 Å². The van der Waals surface area contributed by atoms with Gasteiger partial charge < -0.3 is 14.6 Å². The highest BCUT2D eigenvalue weighted by Gasteiger charge is 2.24. The largest absolute Gasteiger partial charge is 0.467 e. The van der Waals surface area contributed by atoms with Crippen LogP contribution in [0.1, 0.15) is 61.3 Å². The van der Waals surface area contributed by atoms with Gasteiger partial charge in [-0.3, -0.25) is 0 Å². The Morgan fingerprint density at radius 2 is 1.82 bits per heavy atom. The molecule has 1 saturated heterocycles. The molecule has 1 fully saturated rings. The van der Waals surface area contributed by atoms with Crippen molar-refractivity contribution >= 4 is 22.5 Å². The number of hydrogen-bond donors (Lipinski definition) is 1. The quantitative estimate of drug-likeness (QED) is 0.293. The predicted molar refractivity (Wildman–Crippen MR) is 153 cm³/mol. The molecule has 1 aliphatic heterocycles. The fourth-order valence-corrected chi connectivity index (χ4v) is 5.88. The van der Waals surface area contributed by atoms with E-state index in [4.69, 9.17) is 9.72 Å². The summed E-state index contributed by atoms with van der Waals surface area (Å²) in [4.78, 5) is 24.3. The van der Waals surface area contributed by atoms with E-state index in [1.54, 1.807) is 13.4 Å². The van der Waals surface area contributed by atoms with Crippen molar-refractivity contribution in [3.05, 3.63) is 59.3 Å². The summed E-state index contributed by atoms with van der Waals surface area (Å²) < 4.78 is 6.94. The van der Waals surface area contributed by atoms with Crippen molar-refractivity contribution in [1.82, 2.24) is 34.5 Å². The summed E-state index contributed by atoms with van der Waals surface area (Å²) in [5.41, 5.74) is 10.1. The van der Waals surface area contributed by atoms with Gasteiger partial charge in [-0.25, -0.2) is 24.5 Å². The maximum absolute atomic E-state index is 5.24. The second-order valence-corrected chi connectivity index (χ2v) is 11.0. The Bertz CT molecular complexity index is 1610. The first-order valence-corrected chi connectivity index (χ1v) is 13.8. The molecule has 5 aromatic heterocycles. The van der Waals surface area contributed by atoms with Crippen LogP contribution in [0.15, 0.2) is 37.1 Å². The van der Waals surface area contributed by atoms with Gasteiger partial charge in [0.2, 0.25) is 0 Å². The van der Waals surface area contributed by atoms with Crippen LogP contribution >= 0.6 is 0 Å². The second-order valence-electron chi connectivity index (χ2n) is 11.0. The van der Waals surface area contributed by atoms with Crippen molar-refractivity contribution < 1.29 is 4.74 Å². The number of pyridine rings is 2. The molecule has 0 radical (unpaired) electrons. The average molecular weight is 525 g/mol. The monoisotopic (exact) mass is 524 g/mol. The number of nitrogens with zero attached hydrogens (tertiary/aromatic N) is 7. The molecule has 0 saturated carbocycles. The first-order chi connectivity index (χ1) is 18.9. The standard InChI is InChI=1S/C30H36N8O/c1-18(2)26-27(23-16-38-29(33-17-34-38)20(4)19(23)3)35-24-8-9-25(36-28(24)26)37-12-10-21(11-13-37)6-7-22-14-31-30(39-5)32-15-22/h8-9,14-18,21,35H,6-7,10-13H2,1-5H3. The van der Waals surface area contributed by atoms with E-state index in [9.17, 15) is 0 Å². The van der Waals surface area contributed by atoms with Gasteiger partial charge in [0.05, 0.1) is 23.8 Å². The number of anilines is 1. The number of aromatic amines is 1. The number of aromatic nitrogens is 7. The van der Waals surface area contributed by atoms with Gasteiger partial charge >= 0.3 is 6.01 Å². The molecule has 1 aliphatic rings. The molecule has 202 valence electrons. The molecular weight excluding hydrogens is 488 g/mol. The zero-order valence-corrected chi connectivity index (χ0v) is 23.4. The van der Waals surface area contributed by atoms with E-state index in [1.807, 2.05) is 16.9 Å². The smallest absolute Gasteiger partial charge is 0.316 e. The SMILES string of the molecule is COc1ncc(CCC2CCN(c3ccc4[nH]c(-c5cn6ncnc6c(C)c5C)c(C(C)C)c4n3)CC2)cn1. The van der Waals surface area contributed by atoms with E-state index in [-0.39, 0.29) is 0 Å². The molecule has 6 rings (SSSR count). The van der Waals surface area contributed by atoms with Crippen LogP contribution in [-0.2, 0) is 6.42 Å². The van der Waals surface area contributed by atoms with Gasteiger partial charge in [-0.15, -0.1) is 0 Å². The highest BCUT2D eigenvalue weighted by molar-refractivity contribution is 5.90. The molecule has 0 atom stereocenters. The second kappa shape index (κ2) is 10.3. The van der Waals surface area contributed by atoms with Crippen molar-refractivity contribution in [1.29, 1.82) is 0 Å². The minimum atomic E-state index is 0.315. The number of rotatable bonds is 7. The van der Waals surface area contributed by atoms with Crippen LogP contribution in [0.3, 0.4) is 0 Å². The lowest BCUT2D eigenvalue weighted by atomic mass is 9.91. The lowest BCUT2D eigenvalue weighted by Gasteiger charge is -2.33. The number of fused-ring (bicyclic) bond motifs is 2. The summed E-state index contributed by atoms with van der Waals surface area (Å²) in [6.45, 7) is 10.8. The molecule has 5 aromatic rings. The molecule has 6 heterocycles. The van der Waals surface area contributed by atoms with Crippen LogP contribution in [0, 0.1) is 19.8 Å². The summed E-state index contributed by atoms with van der Waals surface area (Å²) in [6.07, 6.45) is 12.0. The first kappa shape index (κ1) is 25.3. The van der Waals surface area contributed by atoms with Gasteiger partial charge in [0.15, 0.2) is 5.65 Å². The van der Waals surface area contributed by atoms with E-state index in [0.717, 1.165) is 65.3 Å². The number of nitrogens with one attached hydrogen (secondary N) is 1. The third kappa shape index (κ3) is 4.70. The van der Waals surface area contributed by atoms with E-state index < -0.39 is 0 Å². The molecule has 0 aliphatic carbocycles. The molecule has 0 spiro atoms. The Morgan fingerprint density at radius 1 is 1.05 bits per heavy atom. The predicted octanol–water partition coefficient (Wildman–Crippen LogP) is 5.66.